The SMILES string of the molecule is Cc1c(C(=O)OC(C)C)cc2c(-c3ccc(N4CCC(NC(=O)OC(C)(C)C)CC4)nc3)ccn2c1C(C)N1CCN(CC(F)(F)F)CC1. The number of carbonyl (C=O) groups excluding carboxylic acids is 2. The lowest BCUT2D eigenvalue weighted by Crippen LogP contribution is -2.49. The van der Waals surface area contributed by atoms with Crippen molar-refractivity contribution in [2.45, 2.75) is 91.3 Å². The molecule has 0 radical (unpaired) electrons. The van der Waals surface area contributed by atoms with Crippen molar-refractivity contribution in [3.8, 4) is 11.1 Å². The highest BCUT2D eigenvalue weighted by Gasteiger charge is 2.34. The lowest BCUT2D eigenvalue weighted by atomic mass is 9.99. The molecule has 3 aromatic rings. The van der Waals surface area contributed by atoms with Gasteiger partial charge in [-0.1, -0.05) is 0 Å². The molecular weight excluding hydrogens is 637 g/mol. The smallest absolute Gasteiger partial charge is 0.407 e. The van der Waals surface area contributed by atoms with Gasteiger partial charge in [0.25, 0.3) is 0 Å². The van der Waals surface area contributed by atoms with Crippen LogP contribution < -0.4 is 10.2 Å². The van der Waals surface area contributed by atoms with E-state index in [4.69, 9.17) is 14.5 Å². The number of carbonyl (C=O) groups is 2. The normalized spacial score (nSPS) is 17.8. The van der Waals surface area contributed by atoms with E-state index in [-0.39, 0.29) is 18.2 Å². The van der Waals surface area contributed by atoms with Gasteiger partial charge in [-0.15, -0.1) is 0 Å². The van der Waals surface area contributed by atoms with E-state index in [1.165, 1.54) is 4.90 Å². The van der Waals surface area contributed by atoms with E-state index in [2.05, 4.69) is 19.5 Å². The number of hydrogen-bond acceptors (Lipinski definition) is 8. The van der Waals surface area contributed by atoms with Gasteiger partial charge < -0.3 is 24.1 Å². The number of halogens is 3. The summed E-state index contributed by atoms with van der Waals surface area (Å²) in [6, 6.07) is 7.76. The first kappa shape index (κ1) is 36.4. The molecule has 1 amide bonds. The molecule has 1 unspecified atom stereocenters. The van der Waals surface area contributed by atoms with E-state index in [1.807, 2.05) is 85.1 Å². The summed E-state index contributed by atoms with van der Waals surface area (Å²) in [5.74, 6) is 0.433. The predicted molar refractivity (Wildman–Crippen MR) is 183 cm³/mol. The summed E-state index contributed by atoms with van der Waals surface area (Å²) >= 11 is 0. The van der Waals surface area contributed by atoms with Crippen molar-refractivity contribution in [3.63, 3.8) is 0 Å². The van der Waals surface area contributed by atoms with E-state index in [0.717, 1.165) is 59.7 Å². The zero-order chi connectivity index (χ0) is 35.7. The first-order valence-electron chi connectivity index (χ1n) is 17.1. The number of piperazine rings is 1. The largest absolute Gasteiger partial charge is 0.459 e. The topological polar surface area (TPSA) is 91.6 Å². The molecule has 2 aliphatic heterocycles. The van der Waals surface area contributed by atoms with E-state index < -0.39 is 30.4 Å². The Hall–Kier alpha value is -3.84. The van der Waals surface area contributed by atoms with E-state index in [1.54, 1.807) is 0 Å². The molecule has 49 heavy (non-hydrogen) atoms. The summed E-state index contributed by atoms with van der Waals surface area (Å²) in [4.78, 5) is 36.2. The van der Waals surface area contributed by atoms with E-state index in [9.17, 15) is 22.8 Å². The molecule has 1 atom stereocenters. The number of piperidine rings is 1. The number of alkyl carbamates (subject to hydrolysis) is 1. The number of rotatable bonds is 8. The van der Waals surface area contributed by atoms with Crippen LogP contribution in [0.25, 0.3) is 16.6 Å². The number of pyridine rings is 2. The molecule has 5 rings (SSSR count). The fraction of sp³-hybridized carbons (Fsp3) is 0.583. The maximum Gasteiger partial charge on any atom is 0.407 e. The number of aromatic nitrogens is 2. The number of esters is 1. The molecule has 3 aromatic heterocycles. The molecule has 2 aliphatic rings. The Kier molecular flexibility index (Phi) is 10.8. The number of nitrogens with one attached hydrogen (secondary N) is 1. The van der Waals surface area contributed by atoms with Gasteiger partial charge in [0.05, 0.1) is 23.7 Å². The fourth-order valence-corrected chi connectivity index (χ4v) is 6.81. The maximum absolute atomic E-state index is 13.4. The molecule has 5 heterocycles. The van der Waals surface area contributed by atoms with Gasteiger partial charge >= 0.3 is 18.2 Å². The van der Waals surface area contributed by atoms with Crippen molar-refractivity contribution in [2.75, 3.05) is 50.7 Å². The Morgan fingerprint density at radius 2 is 1.67 bits per heavy atom. The Morgan fingerprint density at radius 1 is 1.00 bits per heavy atom. The fourth-order valence-electron chi connectivity index (χ4n) is 6.81. The van der Waals surface area contributed by atoms with Gasteiger partial charge in [-0.2, -0.15) is 13.2 Å². The van der Waals surface area contributed by atoms with Crippen molar-refractivity contribution >= 4 is 23.4 Å². The van der Waals surface area contributed by atoms with Crippen LogP contribution in [0.5, 0.6) is 0 Å². The Balaban J connectivity index is 1.37. The molecule has 2 fully saturated rings. The maximum atomic E-state index is 13.4. The van der Waals surface area contributed by atoms with Gasteiger partial charge in [0, 0.05) is 80.6 Å². The van der Waals surface area contributed by atoms with Crippen molar-refractivity contribution in [2.24, 2.45) is 0 Å². The van der Waals surface area contributed by atoms with Crippen LogP contribution in [-0.4, -0.2) is 101 Å². The minimum atomic E-state index is -4.23. The summed E-state index contributed by atoms with van der Waals surface area (Å²) < 4.78 is 52.2. The summed E-state index contributed by atoms with van der Waals surface area (Å²) in [7, 11) is 0. The number of nitrogens with zero attached hydrogens (tertiary/aromatic N) is 5. The van der Waals surface area contributed by atoms with Crippen LogP contribution in [0.2, 0.25) is 0 Å². The minimum absolute atomic E-state index is 0.0402. The van der Waals surface area contributed by atoms with Crippen LogP contribution in [0.4, 0.5) is 23.8 Å². The van der Waals surface area contributed by atoms with Crippen LogP contribution in [0, 0.1) is 6.92 Å². The number of alkyl halides is 3. The van der Waals surface area contributed by atoms with Crippen LogP contribution in [0.3, 0.4) is 0 Å². The van der Waals surface area contributed by atoms with E-state index in [0.29, 0.717) is 31.7 Å². The molecule has 0 saturated carbocycles. The predicted octanol–water partition coefficient (Wildman–Crippen LogP) is 6.61. The summed E-state index contributed by atoms with van der Waals surface area (Å²) in [5, 5.41) is 2.97. The van der Waals surface area contributed by atoms with Gasteiger partial charge in [-0.05, 0) is 91.1 Å². The van der Waals surface area contributed by atoms with Crippen molar-refractivity contribution in [3.05, 3.63) is 53.5 Å². The summed E-state index contributed by atoms with van der Waals surface area (Å²) in [6.45, 7) is 15.3. The Labute approximate surface area is 286 Å². The lowest BCUT2D eigenvalue weighted by Gasteiger charge is -2.39. The molecular formula is C36H49F3N6O4. The third kappa shape index (κ3) is 9.04. The number of amides is 1. The van der Waals surface area contributed by atoms with Gasteiger partial charge in [0.15, 0.2) is 0 Å². The molecule has 0 bridgehead atoms. The monoisotopic (exact) mass is 686 g/mol. The quantitative estimate of drug-likeness (QED) is 0.265. The van der Waals surface area contributed by atoms with Crippen molar-refractivity contribution < 1.29 is 32.2 Å². The molecule has 0 aliphatic carbocycles. The van der Waals surface area contributed by atoms with Crippen LogP contribution in [0.15, 0.2) is 36.7 Å². The zero-order valence-electron chi connectivity index (χ0n) is 29.6. The second-order valence-electron chi connectivity index (χ2n) is 14.4. The molecule has 0 aromatic carbocycles. The highest BCUT2D eigenvalue weighted by atomic mass is 19.4. The molecule has 0 spiro atoms. The van der Waals surface area contributed by atoms with Gasteiger partial charge in [0.2, 0.25) is 0 Å². The van der Waals surface area contributed by atoms with E-state index >= 15 is 0 Å². The van der Waals surface area contributed by atoms with Crippen LogP contribution in [-0.2, 0) is 9.47 Å². The van der Waals surface area contributed by atoms with Crippen molar-refractivity contribution in [1.82, 2.24) is 24.5 Å². The van der Waals surface area contributed by atoms with Gasteiger partial charge in [-0.3, -0.25) is 9.80 Å². The van der Waals surface area contributed by atoms with Gasteiger partial charge in [0.1, 0.15) is 11.4 Å². The number of anilines is 1. The highest BCUT2D eigenvalue weighted by molar-refractivity contribution is 5.95. The molecule has 268 valence electrons. The second kappa shape index (κ2) is 14.6. The number of ether oxygens (including phenoxy) is 2. The van der Waals surface area contributed by atoms with Gasteiger partial charge in [-0.25, -0.2) is 14.6 Å². The third-order valence-corrected chi connectivity index (χ3v) is 9.17. The van der Waals surface area contributed by atoms with Crippen LogP contribution in [0.1, 0.15) is 82.0 Å². The Morgan fingerprint density at radius 3 is 2.24 bits per heavy atom. The molecule has 10 nitrogen and oxygen atoms in total. The standard InChI is InChI=1S/C36H49F3N6O4/c1-23(2)48-33(46)29-20-30-28(12-15-45(30)32(24(29)3)25(4)43-18-16-42(17-19-43)22-36(37,38)39)26-8-9-31(40-21-26)44-13-10-27(11-14-44)41-34(47)49-35(5,6)7/h8-9,12,15,20-21,23,25,27H,10-11,13-14,16-19,22H2,1-7H3,(H,41,47). The van der Waals surface area contributed by atoms with Crippen molar-refractivity contribution in [1.29, 1.82) is 0 Å². The zero-order valence-corrected chi connectivity index (χ0v) is 29.6. The Bertz CT molecular complexity index is 1620. The van der Waals surface area contributed by atoms with Crippen LogP contribution >= 0.6 is 0 Å². The number of fused-ring (bicyclic) bond motifs is 1. The first-order chi connectivity index (χ1) is 23.0. The number of hydrogen-bond donors (Lipinski definition) is 1. The third-order valence-electron chi connectivity index (χ3n) is 9.17. The molecule has 13 heteroatoms. The summed E-state index contributed by atoms with van der Waals surface area (Å²) in [5.41, 5.74) is 4.21. The lowest BCUT2D eigenvalue weighted by molar-refractivity contribution is -0.149. The average molecular weight is 687 g/mol. The minimum Gasteiger partial charge on any atom is -0.459 e. The molecule has 2 saturated heterocycles. The second-order valence-corrected chi connectivity index (χ2v) is 14.4. The average Bonchev–Trinajstić information content (AvgIpc) is 3.42. The summed E-state index contributed by atoms with van der Waals surface area (Å²) in [6.07, 6.45) is 0.451. The first-order valence-corrected chi connectivity index (χ1v) is 17.1. The highest BCUT2D eigenvalue weighted by Crippen LogP contribution is 2.35. The molecule has 1 N–H and O–H groups in total.